The number of carbonyl (C=O) groups is 3. The van der Waals surface area contributed by atoms with Gasteiger partial charge in [-0.2, -0.15) is 0 Å². The number of carboxylic acids is 1. The lowest BCUT2D eigenvalue weighted by molar-refractivity contribution is -0.161. The van der Waals surface area contributed by atoms with E-state index in [-0.39, 0.29) is 19.3 Å². The average molecular weight is 385 g/mol. The zero-order valence-electron chi connectivity index (χ0n) is 15.9. The quantitative estimate of drug-likeness (QED) is 0.166. The van der Waals surface area contributed by atoms with Crippen molar-refractivity contribution in [1.29, 1.82) is 0 Å². The maximum Gasteiger partial charge on any atom is 0.314 e. The summed E-state index contributed by atoms with van der Waals surface area (Å²) >= 11 is 0. The van der Waals surface area contributed by atoms with Gasteiger partial charge in [-0.05, 0) is 27.2 Å². The third-order valence-electron chi connectivity index (χ3n) is 1.51. The second-order valence-corrected chi connectivity index (χ2v) is 5.07. The predicted octanol–water partition coefficient (Wildman–Crippen LogP) is -1.04. The van der Waals surface area contributed by atoms with Crippen molar-refractivity contribution < 1.29 is 39.5 Å². The van der Waals surface area contributed by atoms with Crippen molar-refractivity contribution in [2.75, 3.05) is 0 Å². The summed E-state index contributed by atoms with van der Waals surface area (Å²) in [5, 5.41) is 31.7. The Hall–Kier alpha value is -1.63. The maximum atomic E-state index is 10.9. The Balaban J connectivity index is -0.000000164. The lowest BCUT2D eigenvalue weighted by atomic mass is 10.2. The molecule has 0 spiro atoms. The first-order chi connectivity index (χ1) is 11.8. The number of hydrogen-bond donors (Lipinski definition) is 7. The Labute approximate surface area is 154 Å². The van der Waals surface area contributed by atoms with Gasteiger partial charge >= 0.3 is 17.9 Å². The van der Waals surface area contributed by atoms with Gasteiger partial charge in [0, 0.05) is 6.42 Å². The van der Waals surface area contributed by atoms with Crippen molar-refractivity contribution in [2.45, 2.75) is 78.5 Å². The van der Waals surface area contributed by atoms with Gasteiger partial charge in [0.05, 0.1) is 31.5 Å². The number of nitrogens with two attached hydrogens (primary N) is 3. The van der Waals surface area contributed by atoms with Crippen LogP contribution in [0.4, 0.5) is 0 Å². The number of aliphatic hydroxyl groups excluding tert-OH is 3. The molecule has 0 rings (SSSR count). The minimum absolute atomic E-state index is 0.204. The van der Waals surface area contributed by atoms with Crippen LogP contribution in [-0.2, 0) is 19.1 Å². The summed E-state index contributed by atoms with van der Waals surface area (Å²) in [5.41, 5.74) is 14.0. The van der Waals surface area contributed by atoms with E-state index < -0.39 is 36.6 Å². The predicted molar refractivity (Wildman–Crippen MR) is 95.1 cm³/mol. The number of ether oxygens (including phenoxy) is 1. The van der Waals surface area contributed by atoms with Crippen LogP contribution < -0.4 is 17.2 Å². The average Bonchev–Trinajstić information content (AvgIpc) is 2.41. The normalized spacial score (nSPS) is 12.4. The molecule has 0 aromatic rings. The largest absolute Gasteiger partial charge is 0.481 e. The molecule has 11 nitrogen and oxygen atoms in total. The molecular formula is C15H35N3O8. The van der Waals surface area contributed by atoms with Gasteiger partial charge in [-0.3, -0.25) is 14.4 Å². The smallest absolute Gasteiger partial charge is 0.314 e. The molecule has 0 aromatic carbocycles. The van der Waals surface area contributed by atoms with Gasteiger partial charge < -0.3 is 42.4 Å². The van der Waals surface area contributed by atoms with E-state index >= 15 is 0 Å². The summed E-state index contributed by atoms with van der Waals surface area (Å²) in [6.45, 7) is 6.42. The molecule has 0 aliphatic carbocycles. The summed E-state index contributed by atoms with van der Waals surface area (Å²) < 4.78 is 4.36. The van der Waals surface area contributed by atoms with Gasteiger partial charge in [0.1, 0.15) is 0 Å². The number of hydrogen-bond acceptors (Lipinski definition) is 10. The summed E-state index contributed by atoms with van der Waals surface area (Å²) in [6, 6.07) is 0. The summed E-state index contributed by atoms with van der Waals surface area (Å²) in [7, 11) is 0. The molecular weight excluding hydrogens is 350 g/mol. The van der Waals surface area contributed by atoms with E-state index in [4.69, 9.17) is 20.4 Å². The minimum atomic E-state index is -1.08. The molecule has 0 heterocycles. The Kier molecular flexibility index (Phi) is 28.8. The lowest BCUT2D eigenvalue weighted by Crippen LogP contribution is -2.13. The van der Waals surface area contributed by atoms with Crippen LogP contribution in [0.5, 0.6) is 0 Å². The zero-order valence-corrected chi connectivity index (χ0v) is 15.9. The third-order valence-corrected chi connectivity index (χ3v) is 1.51. The van der Waals surface area contributed by atoms with Crippen LogP contribution in [0.2, 0.25) is 0 Å². The monoisotopic (exact) mass is 385 g/mol. The molecule has 3 unspecified atom stereocenters. The van der Waals surface area contributed by atoms with E-state index in [1.54, 1.807) is 0 Å². The van der Waals surface area contributed by atoms with Crippen LogP contribution in [0.3, 0.4) is 0 Å². The van der Waals surface area contributed by atoms with Crippen molar-refractivity contribution >= 4 is 17.9 Å². The molecule has 10 N–H and O–H groups in total. The van der Waals surface area contributed by atoms with E-state index in [1.807, 2.05) is 6.92 Å². The van der Waals surface area contributed by atoms with Crippen molar-refractivity contribution in [3.05, 3.63) is 0 Å². The number of aliphatic hydroxyl groups is 3. The first-order valence-corrected chi connectivity index (χ1v) is 8.02. The fraction of sp³-hybridized carbons (Fsp3) is 0.800. The molecule has 3 atom stereocenters. The van der Waals surface area contributed by atoms with Gasteiger partial charge in [0.15, 0.2) is 0 Å². The molecule has 0 amide bonds. The first-order valence-electron chi connectivity index (χ1n) is 8.02. The highest BCUT2D eigenvalue weighted by atomic mass is 16.6. The van der Waals surface area contributed by atoms with E-state index in [9.17, 15) is 14.4 Å². The number of carboxylic acid groups (broad SMARTS) is 1. The molecule has 0 radical (unpaired) electrons. The lowest BCUT2D eigenvalue weighted by Gasteiger charge is -2.00. The second-order valence-electron chi connectivity index (χ2n) is 5.07. The molecule has 0 fully saturated rings. The number of carbonyl (C=O) groups excluding carboxylic acids is 2. The number of aliphatic carboxylic acids is 1. The number of unbranched alkanes of at least 4 members (excludes halogenated alkanes) is 1. The summed E-state index contributed by atoms with van der Waals surface area (Å²) in [5.74, 6) is -2.43. The highest BCUT2D eigenvalue weighted by molar-refractivity contribution is 5.86. The highest BCUT2D eigenvalue weighted by Gasteiger charge is 2.11. The topological polar surface area (TPSA) is 219 Å². The molecule has 0 saturated heterocycles. The molecule has 0 saturated carbocycles. The summed E-state index contributed by atoms with van der Waals surface area (Å²) in [6.07, 6.45) is -0.841. The van der Waals surface area contributed by atoms with Crippen LogP contribution in [0.15, 0.2) is 0 Å². The van der Waals surface area contributed by atoms with Crippen LogP contribution in [0.1, 0.15) is 59.8 Å². The van der Waals surface area contributed by atoms with Gasteiger partial charge in [0.2, 0.25) is 0 Å². The van der Waals surface area contributed by atoms with E-state index in [2.05, 4.69) is 21.9 Å². The molecule has 0 aromatic heterocycles. The Morgan fingerprint density at radius 3 is 1.38 bits per heavy atom. The van der Waals surface area contributed by atoms with Gasteiger partial charge in [0.25, 0.3) is 0 Å². The maximum absolute atomic E-state index is 10.9. The molecule has 0 aliphatic heterocycles. The van der Waals surface area contributed by atoms with Crippen LogP contribution in [-0.4, -0.2) is 57.0 Å². The van der Waals surface area contributed by atoms with E-state index in [1.165, 1.54) is 20.8 Å². The van der Waals surface area contributed by atoms with E-state index in [0.717, 1.165) is 6.42 Å². The van der Waals surface area contributed by atoms with Crippen molar-refractivity contribution in [2.24, 2.45) is 17.2 Å². The SMILES string of the molecule is CC(N)O.CC(N)O.CC(N)O.CCCCC(=O)OC(=O)CCC(=O)O. The van der Waals surface area contributed by atoms with Gasteiger partial charge in [-0.1, -0.05) is 13.3 Å². The Morgan fingerprint density at radius 1 is 0.808 bits per heavy atom. The first kappa shape index (κ1) is 32.1. The van der Waals surface area contributed by atoms with E-state index in [0.29, 0.717) is 6.42 Å². The zero-order chi connectivity index (χ0) is 21.7. The van der Waals surface area contributed by atoms with Crippen LogP contribution >= 0.6 is 0 Å². The molecule has 26 heavy (non-hydrogen) atoms. The van der Waals surface area contributed by atoms with Crippen molar-refractivity contribution in [3.63, 3.8) is 0 Å². The fourth-order valence-electron chi connectivity index (χ4n) is 0.759. The van der Waals surface area contributed by atoms with Crippen molar-refractivity contribution in [3.8, 4) is 0 Å². The molecule has 0 bridgehead atoms. The minimum Gasteiger partial charge on any atom is -0.481 e. The fourth-order valence-corrected chi connectivity index (χ4v) is 0.759. The molecule has 158 valence electrons. The highest BCUT2D eigenvalue weighted by Crippen LogP contribution is 1.99. The van der Waals surface area contributed by atoms with Gasteiger partial charge in [-0.15, -0.1) is 0 Å². The molecule has 0 aliphatic rings. The number of rotatable bonds is 6. The van der Waals surface area contributed by atoms with Gasteiger partial charge in [-0.25, -0.2) is 0 Å². The molecule has 11 heteroatoms. The van der Waals surface area contributed by atoms with Crippen molar-refractivity contribution in [1.82, 2.24) is 0 Å². The Bertz CT molecular complexity index is 327. The van der Waals surface area contributed by atoms with Crippen LogP contribution in [0.25, 0.3) is 0 Å². The summed E-state index contributed by atoms with van der Waals surface area (Å²) in [4.78, 5) is 31.8. The number of esters is 2. The third kappa shape index (κ3) is 79.0. The second kappa shape index (κ2) is 23.4. The van der Waals surface area contributed by atoms with Crippen LogP contribution in [0, 0.1) is 0 Å². The Morgan fingerprint density at radius 2 is 1.12 bits per heavy atom. The standard InChI is InChI=1S/C9H14O5.3C2H7NO/c1-2-3-4-8(12)14-9(13)6-5-7(10)11;3*1-2(3)4/h2-6H2,1H3,(H,10,11);3*2,4H,3H2,1H3.